The number of rotatable bonds is 2. The minimum absolute atomic E-state index is 0.265. The molecule has 0 unspecified atom stereocenters. The Morgan fingerprint density at radius 3 is 2.59 bits per heavy atom. The van der Waals surface area contributed by atoms with Crippen molar-refractivity contribution < 1.29 is 4.74 Å². The number of nitrogens with zero attached hydrogens (tertiary/aromatic N) is 2. The van der Waals surface area contributed by atoms with Gasteiger partial charge < -0.3 is 4.74 Å². The Hall–Kier alpha value is -1.16. The molecule has 0 bridgehead atoms. The van der Waals surface area contributed by atoms with Crippen molar-refractivity contribution >= 4 is 22.5 Å². The Kier molecular flexibility index (Phi) is 4.40. The van der Waals surface area contributed by atoms with Crippen LogP contribution in [0, 0.1) is 13.8 Å². The zero-order valence-corrected chi connectivity index (χ0v) is 14.4. The van der Waals surface area contributed by atoms with Gasteiger partial charge in [-0.3, -0.25) is 4.90 Å². The maximum Gasteiger partial charge on any atom is 0.134 e. The SMILES string of the molecule is Cc1ccc2cc(CN3C[C@H](C)O[C@@H](C)C3)c(Cl)nc2c1C. The number of halogens is 1. The highest BCUT2D eigenvalue weighted by Crippen LogP contribution is 2.26. The molecule has 0 aliphatic carbocycles. The molecule has 2 atom stereocenters. The molecule has 1 aromatic heterocycles. The van der Waals surface area contributed by atoms with Crippen LogP contribution in [0.4, 0.5) is 0 Å². The minimum Gasteiger partial charge on any atom is -0.373 e. The maximum atomic E-state index is 6.45. The molecule has 2 heterocycles. The summed E-state index contributed by atoms with van der Waals surface area (Å²) >= 11 is 6.45. The van der Waals surface area contributed by atoms with Gasteiger partial charge >= 0.3 is 0 Å². The normalized spacial score (nSPS) is 23.1. The first-order valence-corrected chi connectivity index (χ1v) is 8.25. The standard InChI is InChI=1S/C18H23ClN2O/c1-11-5-6-15-7-16(18(19)20-17(15)14(11)4)10-21-8-12(2)22-13(3)9-21/h5-7,12-13H,8-10H2,1-4H3/t12-,13-/m0/s1. The van der Waals surface area contributed by atoms with E-state index >= 15 is 0 Å². The third-order valence-corrected chi connectivity index (χ3v) is 4.75. The van der Waals surface area contributed by atoms with Crippen LogP contribution in [0.5, 0.6) is 0 Å². The van der Waals surface area contributed by atoms with Crippen LogP contribution >= 0.6 is 11.6 Å². The van der Waals surface area contributed by atoms with Crippen LogP contribution < -0.4 is 0 Å². The average molecular weight is 319 g/mol. The summed E-state index contributed by atoms with van der Waals surface area (Å²) in [6.07, 6.45) is 0.529. The summed E-state index contributed by atoms with van der Waals surface area (Å²) < 4.78 is 5.79. The number of morpholine rings is 1. The molecule has 118 valence electrons. The molecule has 3 nitrogen and oxygen atoms in total. The van der Waals surface area contributed by atoms with Crippen molar-refractivity contribution in [3.63, 3.8) is 0 Å². The van der Waals surface area contributed by atoms with Gasteiger partial charge in [-0.1, -0.05) is 23.7 Å². The number of benzene rings is 1. The predicted octanol–water partition coefficient (Wildman–Crippen LogP) is 4.11. The Morgan fingerprint density at radius 2 is 1.91 bits per heavy atom. The molecule has 1 fully saturated rings. The Bertz CT molecular complexity index is 691. The van der Waals surface area contributed by atoms with Crippen LogP contribution in [0.3, 0.4) is 0 Å². The number of fused-ring (bicyclic) bond motifs is 1. The van der Waals surface area contributed by atoms with E-state index in [9.17, 15) is 0 Å². The van der Waals surface area contributed by atoms with E-state index in [1.165, 1.54) is 11.1 Å². The summed E-state index contributed by atoms with van der Waals surface area (Å²) in [5.74, 6) is 0. The molecule has 2 aromatic rings. The van der Waals surface area contributed by atoms with Crippen molar-refractivity contribution in [1.82, 2.24) is 9.88 Å². The van der Waals surface area contributed by atoms with Gasteiger partial charge in [0.1, 0.15) is 5.15 Å². The zero-order chi connectivity index (χ0) is 15.9. The fourth-order valence-corrected chi connectivity index (χ4v) is 3.47. The first-order valence-electron chi connectivity index (χ1n) is 7.87. The molecule has 0 radical (unpaired) electrons. The van der Waals surface area contributed by atoms with E-state index < -0.39 is 0 Å². The second-order valence-corrected chi connectivity index (χ2v) is 6.83. The second kappa shape index (κ2) is 6.15. The second-order valence-electron chi connectivity index (χ2n) is 6.47. The van der Waals surface area contributed by atoms with Gasteiger partial charge in [-0.05, 0) is 44.9 Å². The number of hydrogen-bond donors (Lipinski definition) is 0. The van der Waals surface area contributed by atoms with Gasteiger partial charge in [0.05, 0.1) is 17.7 Å². The van der Waals surface area contributed by atoms with Gasteiger partial charge in [0.15, 0.2) is 0 Å². The van der Waals surface area contributed by atoms with Crippen LogP contribution in [0.1, 0.15) is 30.5 Å². The summed E-state index contributed by atoms with van der Waals surface area (Å²) in [5.41, 5.74) is 4.57. The van der Waals surface area contributed by atoms with E-state index in [1.807, 2.05) is 0 Å². The van der Waals surface area contributed by atoms with Crippen LogP contribution in [0.15, 0.2) is 18.2 Å². The quantitative estimate of drug-likeness (QED) is 0.779. The monoisotopic (exact) mass is 318 g/mol. The molecule has 0 saturated carbocycles. The molecule has 1 saturated heterocycles. The summed E-state index contributed by atoms with van der Waals surface area (Å²) in [6, 6.07) is 6.47. The van der Waals surface area contributed by atoms with E-state index in [1.54, 1.807) is 0 Å². The topological polar surface area (TPSA) is 25.4 Å². The van der Waals surface area contributed by atoms with Gasteiger partial charge in [0, 0.05) is 30.6 Å². The summed E-state index contributed by atoms with van der Waals surface area (Å²) in [7, 11) is 0. The number of aryl methyl sites for hydroxylation is 2. The molecular weight excluding hydrogens is 296 g/mol. The average Bonchev–Trinajstić information content (AvgIpc) is 2.44. The lowest BCUT2D eigenvalue weighted by molar-refractivity contribution is -0.0704. The molecule has 1 aliphatic heterocycles. The van der Waals surface area contributed by atoms with Gasteiger partial charge in [-0.2, -0.15) is 0 Å². The van der Waals surface area contributed by atoms with Crippen molar-refractivity contribution in [2.45, 2.75) is 46.4 Å². The van der Waals surface area contributed by atoms with E-state index in [4.69, 9.17) is 16.3 Å². The Morgan fingerprint density at radius 1 is 1.23 bits per heavy atom. The maximum absolute atomic E-state index is 6.45. The fourth-order valence-electron chi connectivity index (χ4n) is 3.27. The smallest absolute Gasteiger partial charge is 0.134 e. The Labute approximate surface area is 137 Å². The van der Waals surface area contributed by atoms with Crippen molar-refractivity contribution in [3.8, 4) is 0 Å². The minimum atomic E-state index is 0.265. The van der Waals surface area contributed by atoms with E-state index in [2.05, 4.69) is 55.8 Å². The molecule has 1 aliphatic rings. The zero-order valence-electron chi connectivity index (χ0n) is 13.7. The number of ether oxygens (including phenoxy) is 1. The molecule has 0 spiro atoms. The van der Waals surface area contributed by atoms with E-state index in [0.717, 1.165) is 36.1 Å². The fraction of sp³-hybridized carbons (Fsp3) is 0.500. The molecule has 3 rings (SSSR count). The van der Waals surface area contributed by atoms with Crippen molar-refractivity contribution in [1.29, 1.82) is 0 Å². The third-order valence-electron chi connectivity index (χ3n) is 4.43. The predicted molar refractivity (Wildman–Crippen MR) is 91.5 cm³/mol. The third kappa shape index (κ3) is 3.12. The lowest BCUT2D eigenvalue weighted by atomic mass is 10.0. The largest absolute Gasteiger partial charge is 0.373 e. The lowest BCUT2D eigenvalue weighted by Gasteiger charge is -2.35. The number of aromatic nitrogens is 1. The van der Waals surface area contributed by atoms with E-state index in [-0.39, 0.29) is 12.2 Å². The van der Waals surface area contributed by atoms with E-state index in [0.29, 0.717) is 5.15 Å². The highest BCUT2D eigenvalue weighted by atomic mass is 35.5. The molecule has 4 heteroatoms. The van der Waals surface area contributed by atoms with Crippen LogP contribution in [-0.4, -0.2) is 35.2 Å². The molecule has 0 amide bonds. The van der Waals surface area contributed by atoms with Gasteiger partial charge in [0.25, 0.3) is 0 Å². The Balaban J connectivity index is 1.91. The summed E-state index contributed by atoms with van der Waals surface area (Å²) in [4.78, 5) is 7.04. The summed E-state index contributed by atoms with van der Waals surface area (Å²) in [5, 5.41) is 1.78. The van der Waals surface area contributed by atoms with Gasteiger partial charge in [-0.15, -0.1) is 0 Å². The summed E-state index contributed by atoms with van der Waals surface area (Å²) in [6.45, 7) is 11.1. The number of hydrogen-bond acceptors (Lipinski definition) is 3. The van der Waals surface area contributed by atoms with Crippen molar-refractivity contribution in [2.24, 2.45) is 0 Å². The van der Waals surface area contributed by atoms with Crippen LogP contribution in [0.25, 0.3) is 10.9 Å². The molecule has 0 N–H and O–H groups in total. The lowest BCUT2D eigenvalue weighted by Crippen LogP contribution is -2.44. The first-order chi connectivity index (χ1) is 10.4. The van der Waals surface area contributed by atoms with Gasteiger partial charge in [-0.25, -0.2) is 4.98 Å². The highest BCUT2D eigenvalue weighted by Gasteiger charge is 2.23. The van der Waals surface area contributed by atoms with Crippen LogP contribution in [0.2, 0.25) is 5.15 Å². The molecule has 22 heavy (non-hydrogen) atoms. The van der Waals surface area contributed by atoms with Crippen LogP contribution in [-0.2, 0) is 11.3 Å². The molecule has 1 aromatic carbocycles. The van der Waals surface area contributed by atoms with Gasteiger partial charge in [0.2, 0.25) is 0 Å². The highest BCUT2D eigenvalue weighted by molar-refractivity contribution is 6.30. The van der Waals surface area contributed by atoms with Crippen molar-refractivity contribution in [2.75, 3.05) is 13.1 Å². The molecular formula is C18H23ClN2O. The van der Waals surface area contributed by atoms with Crippen molar-refractivity contribution in [3.05, 3.63) is 40.0 Å². The first kappa shape index (κ1) is 15.7. The number of pyridine rings is 1.